The summed E-state index contributed by atoms with van der Waals surface area (Å²) in [6.07, 6.45) is 6.72. The maximum atomic E-state index is 10.7. The minimum atomic E-state index is -1.38. The topological polar surface area (TPSA) is 52.4 Å². The van der Waals surface area contributed by atoms with E-state index in [-0.39, 0.29) is 6.42 Å². The number of methoxy groups -OCH3 is 1. The highest BCUT2D eigenvalue weighted by Crippen LogP contribution is 2.24. The molecule has 0 aromatic carbocycles. The van der Waals surface area contributed by atoms with E-state index in [9.17, 15) is 10.1 Å². The van der Waals surface area contributed by atoms with E-state index in [2.05, 4.69) is 6.58 Å². The lowest BCUT2D eigenvalue weighted by molar-refractivity contribution is -0.610. The Morgan fingerprint density at radius 2 is 2.54 bits per heavy atom. The van der Waals surface area contributed by atoms with Crippen LogP contribution in [0, 0.1) is 10.1 Å². The van der Waals surface area contributed by atoms with E-state index in [1.807, 2.05) is 0 Å². The Bertz CT molecular complexity index is 293. The summed E-state index contributed by atoms with van der Waals surface area (Å²) in [6, 6.07) is 0. The van der Waals surface area contributed by atoms with Crippen molar-refractivity contribution in [2.75, 3.05) is 7.11 Å². The number of ether oxygens (including phenoxy) is 1. The molecule has 0 amide bonds. The molecule has 0 fully saturated rings. The fraction of sp³-hybridized carbons (Fsp3) is 0.333. The van der Waals surface area contributed by atoms with Crippen LogP contribution in [-0.4, -0.2) is 17.8 Å². The van der Waals surface area contributed by atoms with E-state index >= 15 is 0 Å². The fourth-order valence-electron chi connectivity index (χ4n) is 1.14. The Morgan fingerprint density at radius 3 is 2.85 bits per heavy atom. The van der Waals surface area contributed by atoms with Gasteiger partial charge in [0.25, 0.3) is 0 Å². The third kappa shape index (κ3) is 1.67. The number of allylic oxidation sites excluding steroid dienone is 3. The van der Waals surface area contributed by atoms with E-state index in [1.165, 1.54) is 13.2 Å². The zero-order valence-corrected chi connectivity index (χ0v) is 7.40. The van der Waals surface area contributed by atoms with Crippen molar-refractivity contribution in [3.8, 4) is 0 Å². The van der Waals surface area contributed by atoms with E-state index in [0.29, 0.717) is 0 Å². The maximum Gasteiger partial charge on any atom is 0.348 e. The van der Waals surface area contributed by atoms with Gasteiger partial charge in [0, 0.05) is 13.2 Å². The van der Waals surface area contributed by atoms with Crippen molar-refractivity contribution in [1.29, 1.82) is 0 Å². The highest BCUT2D eigenvalue weighted by Gasteiger charge is 2.40. The number of nitrogens with zero attached hydrogens (tertiary/aromatic N) is 1. The van der Waals surface area contributed by atoms with Gasteiger partial charge in [0.15, 0.2) is 0 Å². The van der Waals surface area contributed by atoms with Crippen molar-refractivity contribution in [1.82, 2.24) is 0 Å². The first-order chi connectivity index (χ1) is 6.14. The van der Waals surface area contributed by atoms with Crippen molar-refractivity contribution in [3.05, 3.63) is 46.6 Å². The molecule has 1 rings (SSSR count). The average Bonchev–Trinajstić information content (AvgIpc) is 2.17. The summed E-state index contributed by atoms with van der Waals surface area (Å²) in [5.74, 6) is 0. The summed E-state index contributed by atoms with van der Waals surface area (Å²) in [5, 5.41) is 10.7. The molecule has 0 saturated carbocycles. The van der Waals surface area contributed by atoms with Crippen LogP contribution in [0.4, 0.5) is 0 Å². The second kappa shape index (κ2) is 3.53. The van der Waals surface area contributed by atoms with Gasteiger partial charge in [-0.3, -0.25) is 10.1 Å². The van der Waals surface area contributed by atoms with Crippen LogP contribution in [0.3, 0.4) is 0 Å². The van der Waals surface area contributed by atoms with Gasteiger partial charge in [-0.2, -0.15) is 0 Å². The lowest BCUT2D eigenvalue weighted by Crippen LogP contribution is -2.38. The summed E-state index contributed by atoms with van der Waals surface area (Å²) >= 11 is 0. The lowest BCUT2D eigenvalue weighted by atomic mass is 10.00. The maximum absolute atomic E-state index is 10.7. The van der Waals surface area contributed by atoms with Crippen molar-refractivity contribution in [2.24, 2.45) is 0 Å². The van der Waals surface area contributed by atoms with Crippen molar-refractivity contribution < 1.29 is 9.66 Å². The highest BCUT2D eigenvalue weighted by molar-refractivity contribution is 5.33. The van der Waals surface area contributed by atoms with Gasteiger partial charge >= 0.3 is 5.72 Å². The zero-order valence-electron chi connectivity index (χ0n) is 7.40. The molecular formula is C9H11NO3. The summed E-state index contributed by atoms with van der Waals surface area (Å²) < 4.78 is 4.87. The average molecular weight is 181 g/mol. The Kier molecular flexibility index (Phi) is 2.63. The third-order valence-electron chi connectivity index (χ3n) is 2.06. The number of nitro groups is 1. The van der Waals surface area contributed by atoms with E-state index < -0.39 is 10.6 Å². The van der Waals surface area contributed by atoms with Gasteiger partial charge < -0.3 is 4.74 Å². The van der Waals surface area contributed by atoms with Crippen LogP contribution in [0.5, 0.6) is 0 Å². The number of rotatable bonds is 3. The molecule has 0 radical (unpaired) electrons. The molecule has 0 spiro atoms. The van der Waals surface area contributed by atoms with Crippen LogP contribution in [-0.2, 0) is 4.74 Å². The van der Waals surface area contributed by atoms with Gasteiger partial charge in [-0.25, -0.2) is 0 Å². The molecule has 0 aromatic heterocycles. The van der Waals surface area contributed by atoms with Crippen LogP contribution in [0.2, 0.25) is 0 Å². The molecule has 1 aliphatic carbocycles. The quantitative estimate of drug-likeness (QED) is 0.378. The van der Waals surface area contributed by atoms with Gasteiger partial charge in [-0.15, -0.1) is 0 Å². The largest absolute Gasteiger partial charge is 0.348 e. The highest BCUT2D eigenvalue weighted by atomic mass is 16.7. The lowest BCUT2D eigenvalue weighted by Gasteiger charge is -2.21. The second-order valence-electron chi connectivity index (χ2n) is 2.75. The van der Waals surface area contributed by atoms with Gasteiger partial charge in [-0.05, 0) is 11.6 Å². The predicted octanol–water partition coefficient (Wildman–Crippen LogP) is 1.68. The van der Waals surface area contributed by atoms with Crippen LogP contribution in [0.1, 0.15) is 6.42 Å². The summed E-state index contributed by atoms with van der Waals surface area (Å²) in [4.78, 5) is 10.2. The van der Waals surface area contributed by atoms with Gasteiger partial charge in [0.2, 0.25) is 0 Å². The van der Waals surface area contributed by atoms with E-state index in [1.54, 1.807) is 18.2 Å². The molecule has 4 heteroatoms. The summed E-state index contributed by atoms with van der Waals surface area (Å²) in [6.45, 7) is 3.57. The van der Waals surface area contributed by atoms with Crippen LogP contribution >= 0.6 is 0 Å². The van der Waals surface area contributed by atoms with Crippen molar-refractivity contribution in [2.45, 2.75) is 12.1 Å². The molecule has 70 valence electrons. The molecule has 0 saturated heterocycles. The smallest absolute Gasteiger partial charge is 0.315 e. The zero-order chi connectivity index (χ0) is 9.90. The van der Waals surface area contributed by atoms with Crippen LogP contribution in [0.15, 0.2) is 36.5 Å². The normalized spacial score (nSPS) is 26.7. The van der Waals surface area contributed by atoms with Crippen LogP contribution in [0.25, 0.3) is 0 Å². The Morgan fingerprint density at radius 1 is 1.85 bits per heavy atom. The van der Waals surface area contributed by atoms with E-state index in [0.717, 1.165) is 5.57 Å². The first-order valence-electron chi connectivity index (χ1n) is 3.86. The SMILES string of the molecule is C=CC1=CCC(OC)([N+](=O)[O-])C=C1. The Labute approximate surface area is 76.4 Å². The summed E-state index contributed by atoms with van der Waals surface area (Å²) in [5.41, 5.74) is -0.499. The predicted molar refractivity (Wildman–Crippen MR) is 48.8 cm³/mol. The van der Waals surface area contributed by atoms with E-state index in [4.69, 9.17) is 4.74 Å². The summed E-state index contributed by atoms with van der Waals surface area (Å²) in [7, 11) is 1.33. The van der Waals surface area contributed by atoms with Gasteiger partial charge in [-0.1, -0.05) is 18.7 Å². The number of hydrogen-bond donors (Lipinski definition) is 0. The van der Waals surface area contributed by atoms with Crippen molar-refractivity contribution >= 4 is 0 Å². The Hall–Kier alpha value is -1.42. The minimum Gasteiger partial charge on any atom is -0.315 e. The first kappa shape index (κ1) is 9.67. The molecule has 0 aliphatic heterocycles. The molecule has 4 nitrogen and oxygen atoms in total. The molecule has 13 heavy (non-hydrogen) atoms. The molecule has 1 unspecified atom stereocenters. The third-order valence-corrected chi connectivity index (χ3v) is 2.06. The molecule has 1 aliphatic rings. The molecule has 0 bridgehead atoms. The standard InChI is InChI=1S/C9H11NO3/c1-3-8-4-6-9(13-2,7-5-8)10(11)12/h3-6H,1,7H2,2H3. The van der Waals surface area contributed by atoms with Gasteiger partial charge in [0.05, 0.1) is 11.3 Å². The van der Waals surface area contributed by atoms with Crippen LogP contribution < -0.4 is 0 Å². The first-order valence-corrected chi connectivity index (χ1v) is 3.86. The molecular weight excluding hydrogens is 170 g/mol. The second-order valence-corrected chi connectivity index (χ2v) is 2.75. The number of hydrogen-bond acceptors (Lipinski definition) is 3. The minimum absolute atomic E-state index is 0.244. The fourth-order valence-corrected chi connectivity index (χ4v) is 1.14. The molecule has 0 aromatic rings. The molecule has 1 atom stereocenters. The van der Waals surface area contributed by atoms with Gasteiger partial charge in [0.1, 0.15) is 0 Å². The molecule has 0 N–H and O–H groups in total. The van der Waals surface area contributed by atoms with Crippen molar-refractivity contribution in [3.63, 3.8) is 0 Å². The Balaban J connectivity index is 2.89. The molecule has 0 heterocycles. The monoisotopic (exact) mass is 181 g/mol.